The molecule has 0 aliphatic heterocycles. The van der Waals surface area contributed by atoms with Crippen LogP contribution in [0, 0.1) is 12.7 Å². The molecule has 1 atom stereocenters. The van der Waals surface area contributed by atoms with Gasteiger partial charge in [-0.3, -0.25) is 4.99 Å². The number of benzene rings is 2. The van der Waals surface area contributed by atoms with E-state index < -0.39 is 0 Å². The number of hydrogen-bond acceptors (Lipinski definition) is 4. The van der Waals surface area contributed by atoms with Crippen LogP contribution in [0.1, 0.15) is 29.7 Å². The summed E-state index contributed by atoms with van der Waals surface area (Å²) in [5.41, 5.74) is 2.35. The number of aryl methyl sites for hydroxylation is 1. The molecule has 152 valence electrons. The van der Waals surface area contributed by atoms with Crippen LogP contribution in [-0.4, -0.2) is 34.3 Å². The lowest BCUT2D eigenvalue weighted by atomic mass is 10.1. The predicted molar refractivity (Wildman–Crippen MR) is 109 cm³/mol. The highest BCUT2D eigenvalue weighted by molar-refractivity contribution is 5.80. The van der Waals surface area contributed by atoms with Crippen LogP contribution in [0.25, 0.3) is 0 Å². The van der Waals surface area contributed by atoms with Gasteiger partial charge in [-0.2, -0.15) is 0 Å². The summed E-state index contributed by atoms with van der Waals surface area (Å²) in [7, 11) is 6.42. The minimum Gasteiger partial charge on any atom is -0.493 e. The van der Waals surface area contributed by atoms with Crippen LogP contribution in [0.15, 0.2) is 35.3 Å². The van der Waals surface area contributed by atoms with Gasteiger partial charge in [-0.25, -0.2) is 4.39 Å². The summed E-state index contributed by atoms with van der Waals surface area (Å²) in [6.07, 6.45) is 0. The molecule has 2 rings (SSSR count). The fourth-order valence-electron chi connectivity index (χ4n) is 2.84. The van der Waals surface area contributed by atoms with E-state index in [0.29, 0.717) is 35.3 Å². The zero-order valence-electron chi connectivity index (χ0n) is 17.2. The smallest absolute Gasteiger partial charge is 0.203 e. The van der Waals surface area contributed by atoms with Gasteiger partial charge in [0.25, 0.3) is 0 Å². The monoisotopic (exact) mass is 389 g/mol. The molecule has 0 radical (unpaired) electrons. The average molecular weight is 389 g/mol. The second-order valence-corrected chi connectivity index (χ2v) is 6.29. The largest absolute Gasteiger partial charge is 0.493 e. The SMILES string of the molecule is CN=C(NCc1ccc(OC)c(OC)c1OC)NC(C)c1ccc(C)c(F)c1. The summed E-state index contributed by atoms with van der Waals surface area (Å²) < 4.78 is 30.1. The van der Waals surface area contributed by atoms with Crippen molar-refractivity contribution in [1.29, 1.82) is 0 Å². The number of nitrogens with one attached hydrogen (secondary N) is 2. The van der Waals surface area contributed by atoms with Crippen molar-refractivity contribution in [2.24, 2.45) is 4.99 Å². The summed E-state index contributed by atoms with van der Waals surface area (Å²) in [5.74, 6) is 2.10. The van der Waals surface area contributed by atoms with E-state index in [0.717, 1.165) is 11.1 Å². The highest BCUT2D eigenvalue weighted by Gasteiger charge is 2.16. The molecule has 2 N–H and O–H groups in total. The Morgan fingerprint density at radius 2 is 1.79 bits per heavy atom. The van der Waals surface area contributed by atoms with Crippen LogP contribution in [0.5, 0.6) is 17.2 Å². The fourth-order valence-corrected chi connectivity index (χ4v) is 2.84. The highest BCUT2D eigenvalue weighted by Crippen LogP contribution is 2.39. The lowest BCUT2D eigenvalue weighted by Gasteiger charge is -2.20. The normalized spacial score (nSPS) is 12.3. The first-order valence-electron chi connectivity index (χ1n) is 8.96. The van der Waals surface area contributed by atoms with E-state index in [4.69, 9.17) is 14.2 Å². The molecule has 0 heterocycles. The van der Waals surface area contributed by atoms with E-state index in [1.54, 1.807) is 41.4 Å². The molecule has 0 aliphatic rings. The number of nitrogens with zero attached hydrogens (tertiary/aromatic N) is 1. The van der Waals surface area contributed by atoms with E-state index in [1.165, 1.54) is 6.07 Å². The molecule has 28 heavy (non-hydrogen) atoms. The molecular weight excluding hydrogens is 361 g/mol. The maximum atomic E-state index is 13.8. The number of ether oxygens (including phenoxy) is 3. The van der Waals surface area contributed by atoms with Crippen LogP contribution in [0.3, 0.4) is 0 Å². The quantitative estimate of drug-likeness (QED) is 0.560. The van der Waals surface area contributed by atoms with Gasteiger partial charge in [0.1, 0.15) is 5.82 Å². The Morgan fingerprint density at radius 1 is 1.07 bits per heavy atom. The first-order chi connectivity index (χ1) is 13.4. The Bertz CT molecular complexity index is 840. The highest BCUT2D eigenvalue weighted by atomic mass is 19.1. The first-order valence-corrected chi connectivity index (χ1v) is 8.96. The third-order valence-electron chi connectivity index (χ3n) is 4.50. The number of methoxy groups -OCH3 is 3. The molecule has 0 aliphatic carbocycles. The van der Waals surface area contributed by atoms with Crippen molar-refractivity contribution >= 4 is 5.96 Å². The van der Waals surface area contributed by atoms with Gasteiger partial charge in [-0.05, 0) is 43.2 Å². The Kier molecular flexibility index (Phi) is 7.49. The number of hydrogen-bond donors (Lipinski definition) is 2. The van der Waals surface area contributed by atoms with E-state index in [1.807, 2.05) is 25.1 Å². The molecule has 2 aromatic rings. The van der Waals surface area contributed by atoms with Gasteiger partial charge in [0, 0.05) is 19.2 Å². The third-order valence-corrected chi connectivity index (χ3v) is 4.50. The second-order valence-electron chi connectivity index (χ2n) is 6.29. The Balaban J connectivity index is 2.11. The van der Waals surface area contributed by atoms with Crippen molar-refractivity contribution in [2.45, 2.75) is 26.4 Å². The fraction of sp³-hybridized carbons (Fsp3) is 0.381. The Hall–Kier alpha value is -2.96. The standard InChI is InChI=1S/C21H28FN3O3/c1-13-7-8-15(11-17(13)22)14(2)25-21(23-3)24-12-16-9-10-18(26-4)20(28-6)19(16)27-5/h7-11,14H,12H2,1-6H3,(H2,23,24,25). The molecule has 0 aromatic heterocycles. The minimum atomic E-state index is -0.218. The summed E-state index contributed by atoms with van der Waals surface area (Å²) in [4.78, 5) is 4.24. The molecule has 0 bridgehead atoms. The van der Waals surface area contributed by atoms with Crippen LogP contribution in [0.4, 0.5) is 4.39 Å². The average Bonchev–Trinajstić information content (AvgIpc) is 2.71. The summed E-state index contributed by atoms with van der Waals surface area (Å²) in [5, 5.41) is 6.51. The van der Waals surface area contributed by atoms with Crippen LogP contribution in [-0.2, 0) is 6.54 Å². The zero-order chi connectivity index (χ0) is 20.7. The van der Waals surface area contributed by atoms with Gasteiger partial charge in [-0.1, -0.05) is 12.1 Å². The van der Waals surface area contributed by atoms with Gasteiger partial charge >= 0.3 is 0 Å². The van der Waals surface area contributed by atoms with E-state index in [9.17, 15) is 4.39 Å². The van der Waals surface area contributed by atoms with Crippen LogP contribution < -0.4 is 24.8 Å². The Morgan fingerprint density at radius 3 is 2.36 bits per heavy atom. The second kappa shape index (κ2) is 9.82. The number of aliphatic imine (C=N–C) groups is 1. The molecule has 0 fully saturated rings. The summed E-state index contributed by atoms with van der Waals surface area (Å²) in [6, 6.07) is 8.82. The zero-order valence-corrected chi connectivity index (χ0v) is 17.2. The number of halogens is 1. The van der Waals surface area contributed by atoms with Crippen molar-refractivity contribution in [3.05, 3.63) is 52.8 Å². The van der Waals surface area contributed by atoms with Crippen molar-refractivity contribution < 1.29 is 18.6 Å². The van der Waals surface area contributed by atoms with E-state index in [-0.39, 0.29) is 11.9 Å². The number of guanidine groups is 1. The molecular formula is C21H28FN3O3. The van der Waals surface area contributed by atoms with Gasteiger partial charge in [0.15, 0.2) is 17.5 Å². The number of rotatable bonds is 7. The van der Waals surface area contributed by atoms with E-state index >= 15 is 0 Å². The molecule has 0 saturated heterocycles. The predicted octanol–water partition coefficient (Wildman–Crippen LogP) is 3.59. The maximum absolute atomic E-state index is 13.8. The first kappa shape index (κ1) is 21.3. The van der Waals surface area contributed by atoms with Crippen LogP contribution >= 0.6 is 0 Å². The van der Waals surface area contributed by atoms with Crippen molar-refractivity contribution in [2.75, 3.05) is 28.4 Å². The third kappa shape index (κ3) is 4.85. The minimum absolute atomic E-state index is 0.117. The van der Waals surface area contributed by atoms with Gasteiger partial charge in [-0.15, -0.1) is 0 Å². The molecule has 0 saturated carbocycles. The molecule has 0 spiro atoms. The van der Waals surface area contributed by atoms with Gasteiger partial charge in [0.05, 0.1) is 27.4 Å². The summed E-state index contributed by atoms with van der Waals surface area (Å²) >= 11 is 0. The van der Waals surface area contributed by atoms with Gasteiger partial charge in [0.2, 0.25) is 5.75 Å². The summed E-state index contributed by atoms with van der Waals surface area (Å²) in [6.45, 7) is 4.15. The molecule has 0 amide bonds. The molecule has 2 aromatic carbocycles. The topological polar surface area (TPSA) is 64.1 Å². The molecule has 1 unspecified atom stereocenters. The molecule has 6 nitrogen and oxygen atoms in total. The van der Waals surface area contributed by atoms with Crippen molar-refractivity contribution in [3.63, 3.8) is 0 Å². The maximum Gasteiger partial charge on any atom is 0.203 e. The van der Waals surface area contributed by atoms with Gasteiger partial charge < -0.3 is 24.8 Å². The van der Waals surface area contributed by atoms with Crippen molar-refractivity contribution in [1.82, 2.24) is 10.6 Å². The lowest BCUT2D eigenvalue weighted by molar-refractivity contribution is 0.322. The lowest BCUT2D eigenvalue weighted by Crippen LogP contribution is -2.38. The van der Waals surface area contributed by atoms with Crippen molar-refractivity contribution in [3.8, 4) is 17.2 Å². The van der Waals surface area contributed by atoms with Crippen LogP contribution in [0.2, 0.25) is 0 Å². The van der Waals surface area contributed by atoms with E-state index in [2.05, 4.69) is 15.6 Å². The Labute approximate surface area is 165 Å². The molecule has 7 heteroatoms.